The summed E-state index contributed by atoms with van der Waals surface area (Å²) in [5.41, 5.74) is 2.66. The molecule has 2 rings (SSSR count). The highest BCUT2D eigenvalue weighted by Gasteiger charge is 2.14. The van der Waals surface area contributed by atoms with E-state index >= 15 is 0 Å². The van der Waals surface area contributed by atoms with Gasteiger partial charge in [-0.1, -0.05) is 30.3 Å². The maximum atomic E-state index is 11.6. The maximum absolute atomic E-state index is 11.6. The first-order valence-corrected chi connectivity index (χ1v) is 6.88. The van der Waals surface area contributed by atoms with Crippen LogP contribution in [0.3, 0.4) is 0 Å². The fourth-order valence-electron chi connectivity index (χ4n) is 2.16. The van der Waals surface area contributed by atoms with Crippen molar-refractivity contribution in [2.45, 2.75) is 0 Å². The van der Waals surface area contributed by atoms with Gasteiger partial charge in [0.2, 0.25) is 0 Å². The third-order valence-corrected chi connectivity index (χ3v) is 3.35. The second-order valence-corrected chi connectivity index (χ2v) is 5.05. The molecule has 0 heterocycles. The number of benzene rings is 2. The summed E-state index contributed by atoms with van der Waals surface area (Å²) >= 11 is 0. The lowest BCUT2D eigenvalue weighted by Crippen LogP contribution is -2.08. The molecule has 0 saturated heterocycles. The molecular weight excluding hydrogens is 278 g/mol. The van der Waals surface area contributed by atoms with Crippen LogP contribution in [0.1, 0.15) is 11.1 Å². The van der Waals surface area contributed by atoms with Gasteiger partial charge < -0.3 is 14.7 Å². The Labute approximate surface area is 130 Å². The highest BCUT2D eigenvalue weighted by molar-refractivity contribution is 6.21. The number of hydrogen-bond donors (Lipinski definition) is 1. The molecule has 0 aliphatic heterocycles. The Morgan fingerprint density at radius 1 is 1.09 bits per heavy atom. The zero-order valence-electron chi connectivity index (χ0n) is 12.9. The molecule has 4 nitrogen and oxygen atoms in total. The maximum Gasteiger partial charge on any atom is 0.336 e. The molecule has 0 radical (unpaired) electrons. The van der Waals surface area contributed by atoms with Crippen LogP contribution in [0, 0.1) is 0 Å². The minimum absolute atomic E-state index is 0.204. The second-order valence-electron chi connectivity index (χ2n) is 5.05. The Morgan fingerprint density at radius 2 is 1.73 bits per heavy atom. The molecule has 2 aromatic carbocycles. The molecule has 0 amide bonds. The quantitative estimate of drug-likeness (QED) is 0.679. The van der Waals surface area contributed by atoms with Crippen molar-refractivity contribution < 1.29 is 14.6 Å². The van der Waals surface area contributed by atoms with E-state index in [1.807, 2.05) is 49.3 Å². The van der Waals surface area contributed by atoms with E-state index in [0.717, 1.165) is 11.3 Å². The number of carboxylic acid groups (broad SMARTS) is 1. The third kappa shape index (κ3) is 3.47. The average molecular weight is 297 g/mol. The van der Waals surface area contributed by atoms with Crippen molar-refractivity contribution in [1.82, 2.24) is 0 Å². The van der Waals surface area contributed by atoms with E-state index in [0.29, 0.717) is 11.3 Å². The molecule has 4 heteroatoms. The standard InChI is InChI=1S/C18H19NO3/c1-19(2)14-10-8-13(9-11-14)12-16(18(20)21)15-6-4-5-7-17(15)22-3/h4-12H,1-3H3,(H,20,21)/b16-12-. The molecule has 0 saturated carbocycles. The number of methoxy groups -OCH3 is 1. The highest BCUT2D eigenvalue weighted by atomic mass is 16.5. The lowest BCUT2D eigenvalue weighted by atomic mass is 10.0. The Morgan fingerprint density at radius 3 is 2.27 bits per heavy atom. The molecule has 1 N–H and O–H groups in total. The molecule has 0 atom stereocenters. The van der Waals surface area contributed by atoms with Crippen molar-refractivity contribution in [2.75, 3.05) is 26.1 Å². The molecular formula is C18H19NO3. The van der Waals surface area contributed by atoms with Gasteiger partial charge in [0.15, 0.2) is 0 Å². The van der Waals surface area contributed by atoms with Gasteiger partial charge in [-0.3, -0.25) is 0 Å². The second kappa shape index (κ2) is 6.80. The van der Waals surface area contributed by atoms with E-state index in [9.17, 15) is 9.90 Å². The molecule has 0 aromatic heterocycles. The number of ether oxygens (including phenoxy) is 1. The van der Waals surface area contributed by atoms with Crippen molar-refractivity contribution in [2.24, 2.45) is 0 Å². The Bertz CT molecular complexity index is 688. The van der Waals surface area contributed by atoms with Gasteiger partial charge in [0.05, 0.1) is 12.7 Å². The van der Waals surface area contributed by atoms with Crippen molar-refractivity contribution in [1.29, 1.82) is 0 Å². The smallest absolute Gasteiger partial charge is 0.336 e. The zero-order chi connectivity index (χ0) is 16.1. The number of nitrogens with zero attached hydrogens (tertiary/aromatic N) is 1. The molecule has 0 unspecified atom stereocenters. The van der Waals surface area contributed by atoms with Crippen molar-refractivity contribution in [3.05, 3.63) is 59.7 Å². The summed E-state index contributed by atoms with van der Waals surface area (Å²) in [6.45, 7) is 0. The van der Waals surface area contributed by atoms with Crippen molar-refractivity contribution in [3.63, 3.8) is 0 Å². The molecule has 0 spiro atoms. The van der Waals surface area contributed by atoms with E-state index in [4.69, 9.17) is 4.74 Å². The first-order chi connectivity index (χ1) is 10.5. The van der Waals surface area contributed by atoms with Gasteiger partial charge >= 0.3 is 5.97 Å². The van der Waals surface area contributed by atoms with E-state index in [2.05, 4.69) is 0 Å². The normalized spacial score (nSPS) is 11.1. The van der Waals surface area contributed by atoms with Gasteiger partial charge in [0.25, 0.3) is 0 Å². The van der Waals surface area contributed by atoms with E-state index in [1.54, 1.807) is 24.3 Å². The molecule has 22 heavy (non-hydrogen) atoms. The molecule has 0 bridgehead atoms. The minimum atomic E-state index is -0.985. The third-order valence-electron chi connectivity index (χ3n) is 3.35. The summed E-state index contributed by atoms with van der Waals surface area (Å²) in [6.07, 6.45) is 1.65. The van der Waals surface area contributed by atoms with Crippen LogP contribution in [-0.4, -0.2) is 32.3 Å². The Hall–Kier alpha value is -2.75. The topological polar surface area (TPSA) is 49.8 Å². The van der Waals surface area contributed by atoms with Gasteiger partial charge in [0.1, 0.15) is 5.75 Å². The van der Waals surface area contributed by atoms with E-state index in [-0.39, 0.29) is 5.57 Å². The van der Waals surface area contributed by atoms with Crippen LogP contribution in [0.5, 0.6) is 5.75 Å². The van der Waals surface area contributed by atoms with Crippen LogP contribution in [-0.2, 0) is 4.79 Å². The number of anilines is 1. The summed E-state index contributed by atoms with van der Waals surface area (Å²) < 4.78 is 5.25. The number of para-hydroxylation sites is 1. The number of carboxylic acids is 1. The minimum Gasteiger partial charge on any atom is -0.496 e. The SMILES string of the molecule is COc1ccccc1/C(=C/c1ccc(N(C)C)cc1)C(=O)O. The largest absolute Gasteiger partial charge is 0.496 e. The van der Waals surface area contributed by atoms with Gasteiger partial charge in [-0.05, 0) is 29.8 Å². The first-order valence-electron chi connectivity index (χ1n) is 6.88. The predicted molar refractivity (Wildman–Crippen MR) is 89.3 cm³/mol. The summed E-state index contributed by atoms with van der Waals surface area (Å²) in [5, 5.41) is 9.52. The molecule has 0 fully saturated rings. The summed E-state index contributed by atoms with van der Waals surface area (Å²) in [7, 11) is 5.45. The summed E-state index contributed by atoms with van der Waals surface area (Å²) in [6, 6.07) is 14.8. The highest BCUT2D eigenvalue weighted by Crippen LogP contribution is 2.28. The number of rotatable bonds is 5. The lowest BCUT2D eigenvalue weighted by Gasteiger charge is -2.12. The lowest BCUT2D eigenvalue weighted by molar-refractivity contribution is -0.130. The van der Waals surface area contributed by atoms with Gasteiger partial charge in [0, 0.05) is 25.3 Å². The number of hydrogen-bond acceptors (Lipinski definition) is 3. The van der Waals surface area contributed by atoms with Crippen LogP contribution in [0.15, 0.2) is 48.5 Å². The average Bonchev–Trinajstić information content (AvgIpc) is 2.52. The van der Waals surface area contributed by atoms with E-state index in [1.165, 1.54) is 7.11 Å². The first kappa shape index (κ1) is 15.6. The summed E-state index contributed by atoms with van der Waals surface area (Å²) in [5.74, 6) is -0.442. The van der Waals surface area contributed by atoms with E-state index < -0.39 is 5.97 Å². The fraction of sp³-hybridized carbons (Fsp3) is 0.167. The van der Waals surface area contributed by atoms with Gasteiger partial charge in [-0.2, -0.15) is 0 Å². The Kier molecular flexibility index (Phi) is 4.84. The zero-order valence-corrected chi connectivity index (χ0v) is 12.9. The van der Waals surface area contributed by atoms with Crippen molar-refractivity contribution in [3.8, 4) is 5.75 Å². The van der Waals surface area contributed by atoms with Crippen LogP contribution in [0.4, 0.5) is 5.69 Å². The monoisotopic (exact) mass is 297 g/mol. The predicted octanol–water partition coefficient (Wildman–Crippen LogP) is 3.39. The van der Waals surface area contributed by atoms with Gasteiger partial charge in [-0.15, -0.1) is 0 Å². The van der Waals surface area contributed by atoms with Crippen LogP contribution in [0.25, 0.3) is 11.6 Å². The van der Waals surface area contributed by atoms with Crippen LogP contribution >= 0.6 is 0 Å². The van der Waals surface area contributed by atoms with Crippen LogP contribution < -0.4 is 9.64 Å². The molecule has 2 aromatic rings. The molecule has 0 aliphatic carbocycles. The molecule has 114 valence electrons. The van der Waals surface area contributed by atoms with Crippen LogP contribution in [0.2, 0.25) is 0 Å². The fourth-order valence-corrected chi connectivity index (χ4v) is 2.16. The summed E-state index contributed by atoms with van der Waals surface area (Å²) in [4.78, 5) is 13.6. The number of carbonyl (C=O) groups is 1. The molecule has 0 aliphatic rings. The number of aliphatic carboxylic acids is 1. The van der Waals surface area contributed by atoms with Gasteiger partial charge in [-0.25, -0.2) is 4.79 Å². The Balaban J connectivity index is 2.45. The van der Waals surface area contributed by atoms with Crippen molar-refractivity contribution >= 4 is 23.3 Å².